The topological polar surface area (TPSA) is 87.0 Å². The summed E-state index contributed by atoms with van der Waals surface area (Å²) in [5.41, 5.74) is 0.686. The highest BCUT2D eigenvalue weighted by Crippen LogP contribution is 2.23. The summed E-state index contributed by atoms with van der Waals surface area (Å²) in [6.45, 7) is 0. The van der Waals surface area contributed by atoms with Crippen molar-refractivity contribution in [1.29, 1.82) is 5.26 Å². The molecule has 1 aliphatic heterocycles. The van der Waals surface area contributed by atoms with Gasteiger partial charge >= 0.3 is 0 Å². The zero-order valence-electron chi connectivity index (χ0n) is 11.4. The lowest BCUT2D eigenvalue weighted by Gasteiger charge is -2.21. The van der Waals surface area contributed by atoms with Crippen LogP contribution in [0.1, 0.15) is 19.3 Å². The Morgan fingerprint density at radius 3 is 2.48 bits per heavy atom. The van der Waals surface area contributed by atoms with E-state index in [1.807, 2.05) is 5.40 Å². The number of hydrogen-bond acceptors (Lipinski definition) is 5. The van der Waals surface area contributed by atoms with Crippen LogP contribution in [0.5, 0.6) is 0 Å². The normalized spacial score (nSPS) is 17.9. The van der Waals surface area contributed by atoms with Crippen LogP contribution in [0.15, 0.2) is 29.2 Å². The van der Waals surface area contributed by atoms with E-state index in [4.69, 9.17) is 5.26 Å². The van der Waals surface area contributed by atoms with Crippen LogP contribution in [0.3, 0.4) is 0 Å². The molecule has 0 bridgehead atoms. The standard InChI is InChI=1S/C14H16N2O3S2/c15-10-20-13-3-1-12(2-4-13)16-14(17)9-11-5-7-21(18,19)8-6-11/h1-4,11H,5-9H2,(H,16,17). The van der Waals surface area contributed by atoms with Gasteiger partial charge in [-0.05, 0) is 54.8 Å². The highest BCUT2D eigenvalue weighted by atomic mass is 32.2. The van der Waals surface area contributed by atoms with Gasteiger partial charge in [0.15, 0.2) is 0 Å². The zero-order valence-corrected chi connectivity index (χ0v) is 13.0. The summed E-state index contributed by atoms with van der Waals surface area (Å²) in [7, 11) is -2.88. The molecular formula is C14H16N2O3S2. The van der Waals surface area contributed by atoms with Gasteiger partial charge < -0.3 is 5.32 Å². The molecule has 21 heavy (non-hydrogen) atoms. The van der Waals surface area contributed by atoms with Gasteiger partial charge in [-0.3, -0.25) is 4.79 Å². The van der Waals surface area contributed by atoms with E-state index >= 15 is 0 Å². The maximum Gasteiger partial charge on any atom is 0.224 e. The molecule has 2 rings (SSSR count). The minimum absolute atomic E-state index is 0.0972. The number of hydrogen-bond donors (Lipinski definition) is 1. The van der Waals surface area contributed by atoms with Gasteiger partial charge in [0, 0.05) is 17.0 Å². The van der Waals surface area contributed by atoms with Gasteiger partial charge in [0.25, 0.3) is 0 Å². The van der Waals surface area contributed by atoms with E-state index in [0.717, 1.165) is 16.7 Å². The minimum atomic E-state index is -2.88. The Labute approximate surface area is 128 Å². The highest BCUT2D eigenvalue weighted by molar-refractivity contribution is 8.03. The van der Waals surface area contributed by atoms with Crippen molar-refractivity contribution in [2.24, 2.45) is 5.92 Å². The first kappa shape index (κ1) is 15.9. The molecule has 0 aromatic heterocycles. The summed E-state index contributed by atoms with van der Waals surface area (Å²) in [4.78, 5) is 12.8. The monoisotopic (exact) mass is 324 g/mol. The van der Waals surface area contributed by atoms with Gasteiger partial charge in [0.1, 0.15) is 15.2 Å². The van der Waals surface area contributed by atoms with Crippen LogP contribution >= 0.6 is 11.8 Å². The largest absolute Gasteiger partial charge is 0.326 e. The Bertz CT molecular complexity index is 634. The molecular weight excluding hydrogens is 308 g/mol. The van der Waals surface area contributed by atoms with Crippen molar-refractivity contribution < 1.29 is 13.2 Å². The number of rotatable bonds is 4. The molecule has 1 aromatic carbocycles. The van der Waals surface area contributed by atoms with Crippen molar-refractivity contribution in [3.63, 3.8) is 0 Å². The average molecular weight is 324 g/mol. The molecule has 0 spiro atoms. The number of sulfone groups is 1. The van der Waals surface area contributed by atoms with Crippen molar-refractivity contribution in [1.82, 2.24) is 0 Å². The molecule has 1 heterocycles. The van der Waals surface area contributed by atoms with E-state index in [0.29, 0.717) is 24.9 Å². The third-order valence-corrected chi connectivity index (χ3v) is 5.76. The summed E-state index contributed by atoms with van der Waals surface area (Å²) >= 11 is 1.07. The number of anilines is 1. The summed E-state index contributed by atoms with van der Waals surface area (Å²) in [6, 6.07) is 7.05. The quantitative estimate of drug-likeness (QED) is 0.679. The van der Waals surface area contributed by atoms with Crippen LogP contribution in [-0.4, -0.2) is 25.8 Å². The number of carbonyl (C=O) groups excluding carboxylic acids is 1. The van der Waals surface area contributed by atoms with Crippen molar-refractivity contribution in [3.8, 4) is 5.40 Å². The summed E-state index contributed by atoms with van der Waals surface area (Å²) in [5, 5.41) is 13.3. The molecule has 0 radical (unpaired) electrons. The van der Waals surface area contributed by atoms with Crippen LogP contribution in [0.25, 0.3) is 0 Å². The van der Waals surface area contributed by atoms with Crippen molar-refractivity contribution in [3.05, 3.63) is 24.3 Å². The fourth-order valence-corrected chi connectivity index (χ4v) is 4.24. The number of nitrogens with one attached hydrogen (secondary N) is 1. The number of carbonyl (C=O) groups is 1. The van der Waals surface area contributed by atoms with Gasteiger partial charge in [-0.15, -0.1) is 0 Å². The smallest absolute Gasteiger partial charge is 0.224 e. The van der Waals surface area contributed by atoms with Crippen LogP contribution in [0, 0.1) is 16.6 Å². The van der Waals surface area contributed by atoms with Crippen molar-refractivity contribution in [2.45, 2.75) is 24.2 Å². The molecule has 0 aliphatic carbocycles. The number of thioether (sulfide) groups is 1. The maximum absolute atomic E-state index is 11.9. The number of nitrogens with zero attached hydrogens (tertiary/aromatic N) is 1. The molecule has 5 nitrogen and oxygen atoms in total. The Balaban J connectivity index is 1.83. The molecule has 1 N–H and O–H groups in total. The number of amides is 1. The molecule has 1 aromatic rings. The SMILES string of the molecule is N#CSc1ccc(NC(=O)CC2CCS(=O)(=O)CC2)cc1. The first-order valence-electron chi connectivity index (χ1n) is 6.65. The highest BCUT2D eigenvalue weighted by Gasteiger charge is 2.25. The van der Waals surface area contributed by atoms with Gasteiger partial charge in [0.2, 0.25) is 5.91 Å². The summed E-state index contributed by atoms with van der Waals surface area (Å²) in [6.07, 6.45) is 1.48. The zero-order chi connectivity index (χ0) is 15.3. The lowest BCUT2D eigenvalue weighted by molar-refractivity contribution is -0.117. The molecule has 0 saturated carbocycles. The Morgan fingerprint density at radius 1 is 1.29 bits per heavy atom. The third-order valence-electron chi connectivity index (χ3n) is 3.45. The second-order valence-electron chi connectivity index (χ2n) is 5.07. The third kappa shape index (κ3) is 5.06. The number of benzene rings is 1. The lowest BCUT2D eigenvalue weighted by atomic mass is 9.98. The van der Waals surface area contributed by atoms with Crippen LogP contribution in [0.2, 0.25) is 0 Å². The summed E-state index contributed by atoms with van der Waals surface area (Å²) < 4.78 is 22.7. The van der Waals surface area contributed by atoms with E-state index in [1.54, 1.807) is 24.3 Å². The van der Waals surface area contributed by atoms with Gasteiger partial charge in [0.05, 0.1) is 11.5 Å². The first-order valence-corrected chi connectivity index (χ1v) is 9.28. The number of thiocyanates is 1. The Kier molecular flexibility index (Phi) is 5.26. The van der Waals surface area contributed by atoms with E-state index in [-0.39, 0.29) is 23.3 Å². The van der Waals surface area contributed by atoms with Gasteiger partial charge in [-0.2, -0.15) is 5.26 Å². The van der Waals surface area contributed by atoms with E-state index < -0.39 is 9.84 Å². The van der Waals surface area contributed by atoms with Gasteiger partial charge in [-0.25, -0.2) is 8.42 Å². The van der Waals surface area contributed by atoms with Crippen molar-refractivity contribution in [2.75, 3.05) is 16.8 Å². The van der Waals surface area contributed by atoms with Crippen LogP contribution in [-0.2, 0) is 14.6 Å². The van der Waals surface area contributed by atoms with E-state index in [2.05, 4.69) is 5.32 Å². The molecule has 1 fully saturated rings. The first-order chi connectivity index (χ1) is 9.98. The molecule has 1 amide bonds. The van der Waals surface area contributed by atoms with E-state index in [1.165, 1.54) is 0 Å². The molecule has 1 aliphatic rings. The maximum atomic E-state index is 11.9. The van der Waals surface area contributed by atoms with Gasteiger partial charge in [-0.1, -0.05) is 0 Å². The molecule has 7 heteroatoms. The predicted molar refractivity (Wildman–Crippen MR) is 82.5 cm³/mol. The van der Waals surface area contributed by atoms with E-state index in [9.17, 15) is 13.2 Å². The second-order valence-corrected chi connectivity index (χ2v) is 8.23. The molecule has 0 atom stereocenters. The van der Waals surface area contributed by atoms with Crippen LogP contribution in [0.4, 0.5) is 5.69 Å². The molecule has 0 unspecified atom stereocenters. The summed E-state index contributed by atoms with van der Waals surface area (Å²) in [5.74, 6) is 0.415. The minimum Gasteiger partial charge on any atom is -0.326 e. The van der Waals surface area contributed by atoms with Crippen LogP contribution < -0.4 is 5.32 Å². The predicted octanol–water partition coefficient (Wildman–Crippen LogP) is 2.41. The second kappa shape index (κ2) is 6.96. The molecule has 1 saturated heterocycles. The average Bonchev–Trinajstić information content (AvgIpc) is 2.44. The Hall–Kier alpha value is -1.52. The van der Waals surface area contributed by atoms with Crippen molar-refractivity contribution >= 4 is 33.2 Å². The fourth-order valence-electron chi connectivity index (χ4n) is 2.28. The fraction of sp³-hybridized carbons (Fsp3) is 0.429. The lowest BCUT2D eigenvalue weighted by Crippen LogP contribution is -2.26. The Morgan fingerprint density at radius 2 is 1.90 bits per heavy atom. The number of nitriles is 1. The molecule has 112 valence electrons.